The van der Waals surface area contributed by atoms with Crippen LogP contribution >= 0.6 is 0 Å². The minimum atomic E-state index is -3.83. The number of benzene rings is 1. The summed E-state index contributed by atoms with van der Waals surface area (Å²) in [5.41, 5.74) is 0.795. The fourth-order valence-electron chi connectivity index (χ4n) is 1.89. The zero-order chi connectivity index (χ0) is 14.2. The van der Waals surface area contributed by atoms with E-state index >= 15 is 0 Å². The highest BCUT2D eigenvalue weighted by Crippen LogP contribution is 2.27. The SMILES string of the molecule is Cc1n[nH]c(C)c1S(=O)(=O)N(C)c1ccccc1F. The van der Waals surface area contributed by atoms with E-state index < -0.39 is 15.8 Å². The highest BCUT2D eigenvalue weighted by atomic mass is 32.2. The van der Waals surface area contributed by atoms with Gasteiger partial charge in [0.05, 0.1) is 17.1 Å². The van der Waals surface area contributed by atoms with Gasteiger partial charge in [-0.15, -0.1) is 0 Å². The molecule has 1 heterocycles. The van der Waals surface area contributed by atoms with Gasteiger partial charge in [-0.2, -0.15) is 5.10 Å². The maximum absolute atomic E-state index is 13.7. The fourth-order valence-corrected chi connectivity index (χ4v) is 3.43. The van der Waals surface area contributed by atoms with E-state index in [1.165, 1.54) is 25.2 Å². The number of rotatable bonds is 3. The molecule has 7 heteroatoms. The first kappa shape index (κ1) is 13.5. The number of aromatic amines is 1. The number of nitrogens with one attached hydrogen (secondary N) is 1. The Morgan fingerprint density at radius 1 is 1.26 bits per heavy atom. The molecule has 0 spiro atoms. The van der Waals surface area contributed by atoms with E-state index in [0.717, 1.165) is 4.31 Å². The van der Waals surface area contributed by atoms with Gasteiger partial charge in [0.15, 0.2) is 0 Å². The van der Waals surface area contributed by atoms with Crippen LogP contribution in [-0.4, -0.2) is 25.7 Å². The molecule has 0 amide bonds. The van der Waals surface area contributed by atoms with E-state index in [-0.39, 0.29) is 10.6 Å². The van der Waals surface area contributed by atoms with E-state index in [1.807, 2.05) is 0 Å². The molecule has 0 saturated carbocycles. The maximum atomic E-state index is 13.7. The second kappa shape index (κ2) is 4.65. The number of sulfonamides is 1. The van der Waals surface area contributed by atoms with Crippen LogP contribution in [0.15, 0.2) is 29.2 Å². The molecule has 0 aliphatic rings. The highest BCUT2D eigenvalue weighted by Gasteiger charge is 2.28. The summed E-state index contributed by atoms with van der Waals surface area (Å²) in [5, 5.41) is 6.47. The third-order valence-electron chi connectivity index (χ3n) is 2.87. The van der Waals surface area contributed by atoms with E-state index in [0.29, 0.717) is 11.4 Å². The Hall–Kier alpha value is -1.89. The second-order valence-corrected chi connectivity index (χ2v) is 6.09. The maximum Gasteiger partial charge on any atom is 0.267 e. The number of H-pyrrole nitrogens is 1. The van der Waals surface area contributed by atoms with E-state index in [4.69, 9.17) is 0 Å². The van der Waals surface area contributed by atoms with Crippen LogP contribution in [0.1, 0.15) is 11.4 Å². The molecule has 2 aromatic rings. The van der Waals surface area contributed by atoms with Crippen molar-refractivity contribution < 1.29 is 12.8 Å². The van der Waals surface area contributed by atoms with Gasteiger partial charge in [0.25, 0.3) is 10.0 Å². The number of hydrogen-bond acceptors (Lipinski definition) is 3. The van der Waals surface area contributed by atoms with Gasteiger partial charge in [-0.05, 0) is 26.0 Å². The van der Waals surface area contributed by atoms with Gasteiger partial charge in [-0.3, -0.25) is 9.40 Å². The predicted octanol–water partition coefficient (Wildman–Crippen LogP) is 1.99. The van der Waals surface area contributed by atoms with Crippen LogP contribution in [0.5, 0.6) is 0 Å². The van der Waals surface area contributed by atoms with Crippen molar-refractivity contribution in [3.63, 3.8) is 0 Å². The molecular formula is C12H14FN3O2S. The zero-order valence-electron chi connectivity index (χ0n) is 10.8. The van der Waals surface area contributed by atoms with Gasteiger partial charge in [0.2, 0.25) is 0 Å². The molecule has 1 N–H and O–H groups in total. The van der Waals surface area contributed by atoms with Crippen molar-refractivity contribution in [1.29, 1.82) is 0 Å². The summed E-state index contributed by atoms with van der Waals surface area (Å²) in [4.78, 5) is 0.0817. The lowest BCUT2D eigenvalue weighted by Crippen LogP contribution is -2.28. The van der Waals surface area contributed by atoms with Crippen LogP contribution in [-0.2, 0) is 10.0 Å². The lowest BCUT2D eigenvalue weighted by atomic mass is 10.3. The number of nitrogens with zero attached hydrogens (tertiary/aromatic N) is 2. The number of anilines is 1. The molecule has 102 valence electrons. The van der Waals surface area contributed by atoms with Crippen molar-refractivity contribution in [2.45, 2.75) is 18.7 Å². The molecular weight excluding hydrogens is 269 g/mol. The molecule has 0 aliphatic carbocycles. The molecule has 2 rings (SSSR count). The number of hydrogen-bond donors (Lipinski definition) is 1. The Labute approximate surface area is 111 Å². The third kappa shape index (κ3) is 2.21. The topological polar surface area (TPSA) is 66.1 Å². The molecule has 5 nitrogen and oxygen atoms in total. The van der Waals surface area contributed by atoms with Gasteiger partial charge < -0.3 is 0 Å². The molecule has 0 unspecified atom stereocenters. The molecule has 1 aromatic heterocycles. The standard InChI is InChI=1S/C12H14FN3O2S/c1-8-12(9(2)15-14-8)19(17,18)16(3)11-7-5-4-6-10(11)13/h4-7H,1-3H3,(H,14,15). The zero-order valence-corrected chi connectivity index (χ0v) is 11.6. The first-order valence-corrected chi connectivity index (χ1v) is 7.04. The van der Waals surface area contributed by atoms with Crippen LogP contribution in [0.25, 0.3) is 0 Å². The van der Waals surface area contributed by atoms with Gasteiger partial charge >= 0.3 is 0 Å². The van der Waals surface area contributed by atoms with Crippen molar-refractivity contribution in [2.75, 3.05) is 11.4 Å². The van der Waals surface area contributed by atoms with Crippen molar-refractivity contribution in [3.8, 4) is 0 Å². The molecule has 0 saturated heterocycles. The van der Waals surface area contributed by atoms with Crippen molar-refractivity contribution in [2.24, 2.45) is 0 Å². The quantitative estimate of drug-likeness (QED) is 0.936. The van der Waals surface area contributed by atoms with Crippen LogP contribution in [0, 0.1) is 19.7 Å². The fraction of sp³-hybridized carbons (Fsp3) is 0.250. The Balaban J connectivity index is 2.55. The Morgan fingerprint density at radius 3 is 2.42 bits per heavy atom. The van der Waals surface area contributed by atoms with Crippen LogP contribution in [0.4, 0.5) is 10.1 Å². The summed E-state index contributed by atoms with van der Waals surface area (Å²) in [6.45, 7) is 3.20. The molecule has 0 radical (unpaired) electrons. The molecule has 1 aromatic carbocycles. The molecule has 0 atom stereocenters. The number of para-hydroxylation sites is 1. The first-order valence-electron chi connectivity index (χ1n) is 5.60. The Bertz CT molecular complexity index is 690. The van der Waals surface area contributed by atoms with Crippen LogP contribution < -0.4 is 4.31 Å². The van der Waals surface area contributed by atoms with Crippen LogP contribution in [0.3, 0.4) is 0 Å². The van der Waals surface area contributed by atoms with Crippen molar-refractivity contribution in [3.05, 3.63) is 41.5 Å². The van der Waals surface area contributed by atoms with E-state index in [2.05, 4.69) is 10.2 Å². The van der Waals surface area contributed by atoms with E-state index in [1.54, 1.807) is 19.9 Å². The number of halogens is 1. The molecule has 19 heavy (non-hydrogen) atoms. The van der Waals surface area contributed by atoms with Gasteiger partial charge in [0.1, 0.15) is 10.7 Å². The second-order valence-electron chi connectivity index (χ2n) is 4.19. The predicted molar refractivity (Wildman–Crippen MR) is 70.1 cm³/mol. The van der Waals surface area contributed by atoms with Crippen molar-refractivity contribution in [1.82, 2.24) is 10.2 Å². The summed E-state index contributed by atoms with van der Waals surface area (Å²) in [6.07, 6.45) is 0. The normalized spacial score (nSPS) is 11.6. The largest absolute Gasteiger partial charge is 0.281 e. The molecule has 0 fully saturated rings. The minimum absolute atomic E-state index is 0.00231. The monoisotopic (exact) mass is 283 g/mol. The third-order valence-corrected chi connectivity index (χ3v) is 4.91. The summed E-state index contributed by atoms with van der Waals surface area (Å²) in [6, 6.07) is 5.72. The lowest BCUT2D eigenvalue weighted by Gasteiger charge is -2.20. The van der Waals surface area contributed by atoms with E-state index in [9.17, 15) is 12.8 Å². The number of aryl methyl sites for hydroxylation is 2. The number of aromatic nitrogens is 2. The minimum Gasteiger partial charge on any atom is -0.281 e. The molecule has 0 aliphatic heterocycles. The summed E-state index contributed by atoms with van der Waals surface area (Å²) < 4.78 is 39.6. The summed E-state index contributed by atoms with van der Waals surface area (Å²) >= 11 is 0. The summed E-state index contributed by atoms with van der Waals surface area (Å²) in [7, 11) is -2.51. The lowest BCUT2D eigenvalue weighted by molar-refractivity contribution is 0.588. The van der Waals surface area contributed by atoms with Crippen LogP contribution in [0.2, 0.25) is 0 Å². The van der Waals surface area contributed by atoms with Gasteiger partial charge in [-0.25, -0.2) is 12.8 Å². The Kier molecular flexibility index (Phi) is 3.32. The average molecular weight is 283 g/mol. The smallest absolute Gasteiger partial charge is 0.267 e. The Morgan fingerprint density at radius 2 is 1.89 bits per heavy atom. The summed E-state index contributed by atoms with van der Waals surface area (Å²) in [5.74, 6) is -0.590. The molecule has 0 bridgehead atoms. The van der Waals surface area contributed by atoms with Gasteiger partial charge in [-0.1, -0.05) is 12.1 Å². The first-order chi connectivity index (χ1) is 8.85. The van der Waals surface area contributed by atoms with Crippen molar-refractivity contribution >= 4 is 15.7 Å². The highest BCUT2D eigenvalue weighted by molar-refractivity contribution is 7.92. The van der Waals surface area contributed by atoms with Gasteiger partial charge in [0, 0.05) is 7.05 Å². The average Bonchev–Trinajstić information content (AvgIpc) is 2.69.